The summed E-state index contributed by atoms with van der Waals surface area (Å²) in [4.78, 5) is 1.12. The maximum absolute atomic E-state index is 8.45. The third-order valence-corrected chi connectivity index (χ3v) is 2.61. The van der Waals surface area contributed by atoms with Gasteiger partial charge >= 0.3 is 0 Å². The smallest absolute Gasteiger partial charge is 0.0330 e. The zero-order valence-electron chi connectivity index (χ0n) is 7.06. The highest BCUT2D eigenvalue weighted by atomic mass is 32.2. The van der Waals surface area contributed by atoms with Crippen molar-refractivity contribution >= 4 is 29.7 Å². The summed E-state index contributed by atoms with van der Waals surface area (Å²) >= 11 is 2.38. The van der Waals surface area contributed by atoms with Crippen LogP contribution in [0.2, 0.25) is 0 Å². The van der Waals surface area contributed by atoms with Crippen LogP contribution in [0.3, 0.4) is 0 Å². The first-order chi connectivity index (χ1) is 6.33. The second-order valence-corrected chi connectivity index (χ2v) is 4.03. The molecule has 0 radical (unpaired) electrons. The van der Waals surface area contributed by atoms with E-state index in [0.717, 1.165) is 29.2 Å². The molecule has 0 unspecified atom stereocenters. The molecule has 1 rings (SSSR count). The normalized spacial score (nSPS) is 10.2. The summed E-state index contributed by atoms with van der Waals surface area (Å²) < 4.78 is 11.6. The number of hydrogen-bond donors (Lipinski definition) is 3. The van der Waals surface area contributed by atoms with E-state index in [9.17, 15) is 0 Å². The molecule has 3 nitrogen and oxygen atoms in total. The van der Waals surface area contributed by atoms with Gasteiger partial charge in [-0.15, -0.1) is 0 Å². The molecule has 1 aromatic rings. The molecule has 72 valence electrons. The summed E-state index contributed by atoms with van der Waals surface area (Å²) in [5, 5.41) is 0. The van der Waals surface area contributed by atoms with E-state index in [-0.39, 0.29) is 0 Å². The molecule has 0 aliphatic carbocycles. The van der Waals surface area contributed by atoms with E-state index in [1.54, 1.807) is 0 Å². The van der Waals surface area contributed by atoms with E-state index in [0.29, 0.717) is 5.75 Å². The summed E-state index contributed by atoms with van der Waals surface area (Å²) in [6.45, 7) is 0.774. The first-order valence-corrected chi connectivity index (χ1v) is 5.60. The van der Waals surface area contributed by atoms with E-state index in [2.05, 4.69) is 4.72 Å². The SMILES string of the molecule is Nc1ccc(SNCCSO)cc1. The summed E-state index contributed by atoms with van der Waals surface area (Å²) in [5.41, 5.74) is 6.31. The van der Waals surface area contributed by atoms with Crippen LogP contribution in [0.5, 0.6) is 0 Å². The van der Waals surface area contributed by atoms with E-state index < -0.39 is 0 Å². The first kappa shape index (κ1) is 10.7. The molecule has 0 heterocycles. The maximum atomic E-state index is 8.45. The van der Waals surface area contributed by atoms with Gasteiger partial charge in [0.25, 0.3) is 0 Å². The Bertz CT molecular complexity index is 240. The number of anilines is 1. The van der Waals surface area contributed by atoms with Gasteiger partial charge in [0.2, 0.25) is 0 Å². The number of benzene rings is 1. The highest BCUT2D eigenvalue weighted by Crippen LogP contribution is 2.15. The van der Waals surface area contributed by atoms with Crippen LogP contribution in [0.25, 0.3) is 0 Å². The average Bonchev–Trinajstić information content (AvgIpc) is 2.15. The van der Waals surface area contributed by atoms with Gasteiger partial charge in [0, 0.05) is 22.9 Å². The standard InChI is InChI=1S/C8H12N2OS2/c9-7-1-3-8(4-2-7)13-10-5-6-12-11/h1-4,10-11H,5-6,9H2. The van der Waals surface area contributed by atoms with Crippen LogP contribution in [0.4, 0.5) is 5.69 Å². The van der Waals surface area contributed by atoms with Crippen molar-refractivity contribution in [1.29, 1.82) is 0 Å². The highest BCUT2D eigenvalue weighted by molar-refractivity contribution is 7.97. The third-order valence-electron chi connectivity index (χ3n) is 1.37. The summed E-state index contributed by atoms with van der Waals surface area (Å²) in [5.74, 6) is 0.696. The fraction of sp³-hybridized carbons (Fsp3) is 0.250. The molecule has 0 aliphatic heterocycles. The van der Waals surface area contributed by atoms with Gasteiger partial charge in [0.15, 0.2) is 0 Å². The highest BCUT2D eigenvalue weighted by Gasteiger charge is 1.92. The minimum atomic E-state index is 0.696. The van der Waals surface area contributed by atoms with Crippen molar-refractivity contribution in [2.45, 2.75) is 4.90 Å². The summed E-state index contributed by atoms with van der Waals surface area (Å²) in [6, 6.07) is 7.65. The van der Waals surface area contributed by atoms with Crippen LogP contribution in [0.15, 0.2) is 29.2 Å². The zero-order valence-corrected chi connectivity index (χ0v) is 8.70. The predicted molar refractivity (Wildman–Crippen MR) is 59.8 cm³/mol. The number of hydrogen-bond acceptors (Lipinski definition) is 5. The van der Waals surface area contributed by atoms with E-state index >= 15 is 0 Å². The average molecular weight is 216 g/mol. The van der Waals surface area contributed by atoms with Gasteiger partial charge in [-0.25, -0.2) is 0 Å². The summed E-state index contributed by atoms with van der Waals surface area (Å²) in [7, 11) is 0. The Labute approximate surface area is 86.4 Å². The van der Waals surface area contributed by atoms with Gasteiger partial charge in [-0.3, -0.25) is 4.72 Å². The minimum Gasteiger partial charge on any atom is -0.399 e. The molecule has 0 saturated heterocycles. The van der Waals surface area contributed by atoms with E-state index in [1.165, 1.54) is 11.9 Å². The minimum absolute atomic E-state index is 0.696. The van der Waals surface area contributed by atoms with Crippen molar-refractivity contribution in [3.8, 4) is 0 Å². The van der Waals surface area contributed by atoms with Gasteiger partial charge in [-0.05, 0) is 48.3 Å². The Hall–Kier alpha value is -0.360. The van der Waals surface area contributed by atoms with E-state index in [4.69, 9.17) is 10.3 Å². The number of nitrogens with two attached hydrogens (primary N) is 1. The van der Waals surface area contributed by atoms with Gasteiger partial charge in [-0.2, -0.15) is 0 Å². The van der Waals surface area contributed by atoms with Crippen molar-refractivity contribution in [2.75, 3.05) is 18.0 Å². The Balaban J connectivity index is 2.25. The second-order valence-electron chi connectivity index (χ2n) is 2.40. The molecular formula is C8H12N2OS2. The topological polar surface area (TPSA) is 58.3 Å². The number of rotatable bonds is 5. The Morgan fingerprint density at radius 1 is 1.31 bits per heavy atom. The van der Waals surface area contributed by atoms with Crippen LogP contribution in [-0.2, 0) is 0 Å². The molecule has 4 N–H and O–H groups in total. The molecule has 0 spiro atoms. The predicted octanol–water partition coefficient (Wildman–Crippen LogP) is 2.07. The molecule has 0 aliphatic rings. The van der Waals surface area contributed by atoms with Crippen LogP contribution >= 0.6 is 24.0 Å². The lowest BCUT2D eigenvalue weighted by atomic mass is 10.3. The van der Waals surface area contributed by atoms with Crippen molar-refractivity contribution in [3.05, 3.63) is 24.3 Å². The van der Waals surface area contributed by atoms with Crippen molar-refractivity contribution in [2.24, 2.45) is 0 Å². The lowest BCUT2D eigenvalue weighted by Crippen LogP contribution is -2.07. The molecular weight excluding hydrogens is 204 g/mol. The van der Waals surface area contributed by atoms with E-state index in [1.807, 2.05) is 24.3 Å². The number of nitrogen functional groups attached to an aromatic ring is 1. The molecule has 0 aromatic heterocycles. The quantitative estimate of drug-likeness (QED) is 0.304. The largest absolute Gasteiger partial charge is 0.399 e. The van der Waals surface area contributed by atoms with Crippen LogP contribution in [-0.4, -0.2) is 16.9 Å². The molecule has 5 heteroatoms. The van der Waals surface area contributed by atoms with Gasteiger partial charge in [0.1, 0.15) is 0 Å². The monoisotopic (exact) mass is 216 g/mol. The van der Waals surface area contributed by atoms with Crippen LogP contribution in [0, 0.1) is 0 Å². The Morgan fingerprint density at radius 2 is 2.00 bits per heavy atom. The van der Waals surface area contributed by atoms with Crippen LogP contribution in [0.1, 0.15) is 0 Å². The molecule has 0 saturated carbocycles. The third kappa shape index (κ3) is 4.42. The number of nitrogens with one attached hydrogen (secondary N) is 1. The molecule has 0 bridgehead atoms. The lowest BCUT2D eigenvalue weighted by Gasteiger charge is -2.02. The zero-order chi connectivity index (χ0) is 9.52. The fourth-order valence-corrected chi connectivity index (χ4v) is 1.72. The summed E-state index contributed by atoms with van der Waals surface area (Å²) in [6.07, 6.45) is 0. The lowest BCUT2D eigenvalue weighted by molar-refractivity contribution is 0.662. The van der Waals surface area contributed by atoms with Gasteiger partial charge in [-0.1, -0.05) is 0 Å². The second kappa shape index (κ2) is 6.15. The van der Waals surface area contributed by atoms with Crippen LogP contribution < -0.4 is 10.5 Å². The van der Waals surface area contributed by atoms with Gasteiger partial charge in [0.05, 0.1) is 0 Å². The molecule has 0 amide bonds. The molecule has 0 fully saturated rings. The first-order valence-electron chi connectivity index (χ1n) is 3.84. The fourth-order valence-electron chi connectivity index (χ4n) is 0.758. The van der Waals surface area contributed by atoms with Crippen molar-refractivity contribution in [1.82, 2.24) is 4.72 Å². The Kier molecular flexibility index (Phi) is 5.07. The van der Waals surface area contributed by atoms with Crippen molar-refractivity contribution in [3.63, 3.8) is 0 Å². The molecule has 13 heavy (non-hydrogen) atoms. The van der Waals surface area contributed by atoms with Crippen molar-refractivity contribution < 1.29 is 4.55 Å². The maximum Gasteiger partial charge on any atom is 0.0330 e. The Morgan fingerprint density at radius 3 is 2.62 bits per heavy atom. The molecule has 0 atom stereocenters. The van der Waals surface area contributed by atoms with Gasteiger partial charge < -0.3 is 10.3 Å². The molecule has 1 aromatic carbocycles.